The lowest BCUT2D eigenvalue weighted by molar-refractivity contribution is -0.142. The molecular formula is C18H21NO6S. The fourth-order valence-electron chi connectivity index (χ4n) is 2.25. The van der Waals surface area contributed by atoms with Crippen LogP contribution in [0.15, 0.2) is 47.4 Å². The highest BCUT2D eigenvalue weighted by Gasteiger charge is 2.16. The van der Waals surface area contributed by atoms with Crippen molar-refractivity contribution in [2.45, 2.75) is 18.4 Å². The molecule has 0 aliphatic heterocycles. The van der Waals surface area contributed by atoms with Crippen molar-refractivity contribution in [2.75, 3.05) is 20.8 Å². The molecule has 140 valence electrons. The molecule has 2 rings (SSSR count). The van der Waals surface area contributed by atoms with E-state index in [0.29, 0.717) is 17.1 Å². The Morgan fingerprint density at radius 1 is 1.08 bits per heavy atom. The summed E-state index contributed by atoms with van der Waals surface area (Å²) in [5.41, 5.74) is 1.32. The number of para-hydroxylation sites is 1. The summed E-state index contributed by atoms with van der Waals surface area (Å²) < 4.78 is 42.6. The minimum absolute atomic E-state index is 0.103. The molecule has 1 N–H and O–H groups in total. The van der Waals surface area contributed by atoms with Crippen LogP contribution in [-0.4, -0.2) is 35.2 Å². The second kappa shape index (κ2) is 8.68. The van der Waals surface area contributed by atoms with Crippen LogP contribution >= 0.6 is 0 Å². The number of hydrogen-bond acceptors (Lipinski definition) is 6. The summed E-state index contributed by atoms with van der Waals surface area (Å²) in [6.45, 7) is 1.56. The number of hydrogen-bond donors (Lipinski definition) is 1. The van der Waals surface area contributed by atoms with Crippen LogP contribution in [0.3, 0.4) is 0 Å². The van der Waals surface area contributed by atoms with Gasteiger partial charge in [0.15, 0.2) is 6.61 Å². The van der Waals surface area contributed by atoms with Gasteiger partial charge in [-0.15, -0.1) is 0 Å². The molecule has 8 heteroatoms. The number of carbonyl (C=O) groups is 1. The van der Waals surface area contributed by atoms with Crippen LogP contribution in [0.25, 0.3) is 0 Å². The minimum atomic E-state index is -3.71. The van der Waals surface area contributed by atoms with E-state index in [1.165, 1.54) is 32.4 Å². The number of aryl methyl sites for hydroxylation is 1. The van der Waals surface area contributed by atoms with Gasteiger partial charge < -0.3 is 14.2 Å². The van der Waals surface area contributed by atoms with Crippen molar-refractivity contribution in [2.24, 2.45) is 0 Å². The van der Waals surface area contributed by atoms with Crippen molar-refractivity contribution in [3.05, 3.63) is 53.6 Å². The quantitative estimate of drug-likeness (QED) is 0.706. The lowest BCUT2D eigenvalue weighted by atomic mass is 10.2. The van der Waals surface area contributed by atoms with E-state index in [-0.39, 0.29) is 18.0 Å². The predicted molar refractivity (Wildman–Crippen MR) is 95.7 cm³/mol. The number of methoxy groups -OCH3 is 2. The molecule has 26 heavy (non-hydrogen) atoms. The molecule has 0 heterocycles. The molecule has 0 fully saturated rings. The maximum absolute atomic E-state index is 12.5. The van der Waals surface area contributed by atoms with Crippen molar-refractivity contribution < 1.29 is 27.4 Å². The molecule has 7 nitrogen and oxygen atoms in total. The number of benzene rings is 2. The Hall–Kier alpha value is -2.58. The van der Waals surface area contributed by atoms with Crippen molar-refractivity contribution in [3.8, 4) is 11.5 Å². The van der Waals surface area contributed by atoms with Crippen LogP contribution < -0.4 is 14.2 Å². The highest BCUT2D eigenvalue weighted by atomic mass is 32.2. The van der Waals surface area contributed by atoms with E-state index in [1.54, 1.807) is 19.1 Å². The third-order valence-corrected chi connectivity index (χ3v) is 5.07. The highest BCUT2D eigenvalue weighted by Crippen LogP contribution is 2.23. The summed E-state index contributed by atoms with van der Waals surface area (Å²) in [7, 11) is -0.914. The Kier molecular flexibility index (Phi) is 6.59. The molecule has 2 aromatic carbocycles. The lowest BCUT2D eigenvalue weighted by Crippen LogP contribution is -2.23. The molecule has 0 bridgehead atoms. The van der Waals surface area contributed by atoms with Crippen molar-refractivity contribution in [3.63, 3.8) is 0 Å². The van der Waals surface area contributed by atoms with E-state index >= 15 is 0 Å². The molecule has 0 aliphatic rings. The van der Waals surface area contributed by atoms with Gasteiger partial charge in [0.1, 0.15) is 11.5 Å². The summed E-state index contributed by atoms with van der Waals surface area (Å²) >= 11 is 0. The summed E-state index contributed by atoms with van der Waals surface area (Å²) in [6.07, 6.45) is 0. The van der Waals surface area contributed by atoms with Gasteiger partial charge in [-0.2, -0.15) is 0 Å². The van der Waals surface area contributed by atoms with E-state index in [2.05, 4.69) is 9.46 Å². The lowest BCUT2D eigenvalue weighted by Gasteiger charge is -2.12. The minimum Gasteiger partial charge on any atom is -0.496 e. The summed E-state index contributed by atoms with van der Waals surface area (Å²) in [5, 5.41) is 0. The van der Waals surface area contributed by atoms with Gasteiger partial charge in [-0.3, -0.25) is 0 Å². The third-order valence-electron chi connectivity index (χ3n) is 3.68. The zero-order valence-electron chi connectivity index (χ0n) is 14.8. The molecule has 0 amide bonds. The highest BCUT2D eigenvalue weighted by molar-refractivity contribution is 7.89. The van der Waals surface area contributed by atoms with Crippen LogP contribution in [0.4, 0.5) is 0 Å². The number of rotatable bonds is 8. The number of sulfonamides is 1. The molecular weight excluding hydrogens is 358 g/mol. The Labute approximate surface area is 152 Å². The van der Waals surface area contributed by atoms with Gasteiger partial charge in [0.25, 0.3) is 0 Å². The largest absolute Gasteiger partial charge is 0.496 e. The Bertz CT molecular complexity index is 879. The first kappa shape index (κ1) is 19.7. The standard InChI is InChI=1S/C18H21NO6S/c1-13-10-15(8-9-16(13)25-12-18(20)24-3)26(21,22)19-11-14-6-4-5-7-17(14)23-2/h4-10,19H,11-12H2,1-3H3. The monoisotopic (exact) mass is 379 g/mol. The zero-order valence-corrected chi connectivity index (χ0v) is 15.6. The summed E-state index contributed by atoms with van der Waals surface area (Å²) in [5.74, 6) is 0.511. The van der Waals surface area contributed by atoms with Gasteiger partial charge in [-0.1, -0.05) is 18.2 Å². The van der Waals surface area contributed by atoms with E-state index in [9.17, 15) is 13.2 Å². The second-order valence-electron chi connectivity index (χ2n) is 5.43. The van der Waals surface area contributed by atoms with E-state index in [1.807, 2.05) is 12.1 Å². The number of nitrogens with one attached hydrogen (secondary N) is 1. The fourth-order valence-corrected chi connectivity index (χ4v) is 3.34. The second-order valence-corrected chi connectivity index (χ2v) is 7.20. The third kappa shape index (κ3) is 4.96. The summed E-state index contributed by atoms with van der Waals surface area (Å²) in [4.78, 5) is 11.2. The van der Waals surface area contributed by atoms with E-state index < -0.39 is 16.0 Å². The molecule has 0 saturated heterocycles. The van der Waals surface area contributed by atoms with Crippen LogP contribution in [0, 0.1) is 6.92 Å². The van der Waals surface area contributed by atoms with Crippen LogP contribution in [0.5, 0.6) is 11.5 Å². The molecule has 0 aromatic heterocycles. The first-order chi connectivity index (χ1) is 12.4. The molecule has 0 saturated carbocycles. The van der Waals surface area contributed by atoms with Gasteiger partial charge in [-0.25, -0.2) is 17.9 Å². The summed E-state index contributed by atoms with van der Waals surface area (Å²) in [6, 6.07) is 11.6. The number of esters is 1. The van der Waals surface area contributed by atoms with Gasteiger partial charge in [0, 0.05) is 12.1 Å². The Balaban J connectivity index is 2.11. The van der Waals surface area contributed by atoms with Crippen molar-refractivity contribution in [1.29, 1.82) is 0 Å². The molecule has 0 spiro atoms. The number of ether oxygens (including phenoxy) is 3. The van der Waals surface area contributed by atoms with Gasteiger partial charge in [0.2, 0.25) is 10.0 Å². The van der Waals surface area contributed by atoms with Gasteiger partial charge >= 0.3 is 5.97 Å². The number of carbonyl (C=O) groups excluding carboxylic acids is 1. The maximum Gasteiger partial charge on any atom is 0.343 e. The van der Waals surface area contributed by atoms with E-state index in [4.69, 9.17) is 9.47 Å². The van der Waals surface area contributed by atoms with Crippen molar-refractivity contribution >= 4 is 16.0 Å². The average Bonchev–Trinajstić information content (AvgIpc) is 2.65. The fraction of sp³-hybridized carbons (Fsp3) is 0.278. The van der Waals surface area contributed by atoms with Crippen LogP contribution in [-0.2, 0) is 26.1 Å². The molecule has 0 radical (unpaired) electrons. The first-order valence-electron chi connectivity index (χ1n) is 7.79. The molecule has 0 atom stereocenters. The van der Waals surface area contributed by atoms with Crippen LogP contribution in [0.2, 0.25) is 0 Å². The first-order valence-corrected chi connectivity index (χ1v) is 9.27. The van der Waals surface area contributed by atoms with Gasteiger partial charge in [0.05, 0.1) is 19.1 Å². The maximum atomic E-state index is 12.5. The Morgan fingerprint density at radius 3 is 2.46 bits per heavy atom. The van der Waals surface area contributed by atoms with Gasteiger partial charge in [-0.05, 0) is 36.8 Å². The SMILES string of the molecule is COC(=O)COc1ccc(S(=O)(=O)NCc2ccccc2OC)cc1C. The topological polar surface area (TPSA) is 90.9 Å². The molecule has 2 aromatic rings. The Morgan fingerprint density at radius 2 is 1.81 bits per heavy atom. The van der Waals surface area contributed by atoms with E-state index in [0.717, 1.165) is 5.56 Å². The van der Waals surface area contributed by atoms with Crippen molar-refractivity contribution in [1.82, 2.24) is 4.72 Å². The predicted octanol–water partition coefficient (Wildman–Crippen LogP) is 2.03. The molecule has 0 aliphatic carbocycles. The normalized spacial score (nSPS) is 11.0. The molecule has 0 unspecified atom stereocenters. The average molecular weight is 379 g/mol. The van der Waals surface area contributed by atoms with Crippen LogP contribution in [0.1, 0.15) is 11.1 Å². The zero-order chi connectivity index (χ0) is 19.2. The smallest absolute Gasteiger partial charge is 0.343 e.